The van der Waals surface area contributed by atoms with Gasteiger partial charge in [-0.15, -0.1) is 0 Å². The molecule has 0 aliphatic heterocycles. The van der Waals surface area contributed by atoms with E-state index in [0.29, 0.717) is 27.1 Å². The predicted octanol–water partition coefficient (Wildman–Crippen LogP) is 3.67. The van der Waals surface area contributed by atoms with Gasteiger partial charge in [0.05, 0.1) is 10.9 Å². The lowest BCUT2D eigenvalue weighted by Gasteiger charge is -2.06. The van der Waals surface area contributed by atoms with Crippen molar-refractivity contribution in [3.8, 4) is 16.9 Å². The van der Waals surface area contributed by atoms with Crippen LogP contribution in [0.15, 0.2) is 57.9 Å². The van der Waals surface area contributed by atoms with E-state index in [9.17, 15) is 9.59 Å². The summed E-state index contributed by atoms with van der Waals surface area (Å²) in [4.78, 5) is 24.1. The van der Waals surface area contributed by atoms with Gasteiger partial charge in [-0.1, -0.05) is 23.7 Å². The lowest BCUT2D eigenvalue weighted by molar-refractivity contribution is -0.138. The van der Waals surface area contributed by atoms with Crippen molar-refractivity contribution in [3.05, 3.63) is 64.0 Å². The standard InChI is InChI=1S/C18H13ClO5/c1-22-10-17(20)24-13-6-7-14-16(8-13)23-9-15(18(14)21)11-2-4-12(19)5-3-11/h2-9H,10H2,1H3. The zero-order chi connectivity index (χ0) is 17.1. The molecule has 0 radical (unpaired) electrons. The van der Waals surface area contributed by atoms with Gasteiger partial charge in [-0.3, -0.25) is 4.79 Å². The van der Waals surface area contributed by atoms with E-state index in [4.69, 9.17) is 25.5 Å². The van der Waals surface area contributed by atoms with Crippen LogP contribution in [0.1, 0.15) is 0 Å². The molecule has 122 valence electrons. The summed E-state index contributed by atoms with van der Waals surface area (Å²) in [6.07, 6.45) is 1.38. The smallest absolute Gasteiger partial charge is 0.337 e. The van der Waals surface area contributed by atoms with Crippen molar-refractivity contribution in [1.29, 1.82) is 0 Å². The number of ether oxygens (including phenoxy) is 2. The molecular formula is C18H13ClO5. The lowest BCUT2D eigenvalue weighted by Crippen LogP contribution is -2.14. The predicted molar refractivity (Wildman–Crippen MR) is 90.4 cm³/mol. The van der Waals surface area contributed by atoms with Crippen molar-refractivity contribution >= 4 is 28.5 Å². The van der Waals surface area contributed by atoms with E-state index in [1.54, 1.807) is 36.4 Å². The molecular weight excluding hydrogens is 332 g/mol. The molecule has 6 heteroatoms. The molecule has 0 saturated carbocycles. The number of rotatable bonds is 4. The molecule has 0 unspecified atom stereocenters. The third-order valence-corrected chi connectivity index (χ3v) is 3.65. The average Bonchev–Trinajstić information content (AvgIpc) is 2.56. The number of hydrogen-bond donors (Lipinski definition) is 0. The molecule has 1 heterocycles. The van der Waals surface area contributed by atoms with E-state index >= 15 is 0 Å². The van der Waals surface area contributed by atoms with E-state index in [1.807, 2.05) is 0 Å². The van der Waals surface area contributed by atoms with Gasteiger partial charge in [0, 0.05) is 18.2 Å². The highest BCUT2D eigenvalue weighted by Gasteiger charge is 2.11. The van der Waals surface area contributed by atoms with E-state index in [1.165, 1.54) is 19.4 Å². The molecule has 0 aliphatic rings. The SMILES string of the molecule is COCC(=O)Oc1ccc2c(=O)c(-c3ccc(Cl)cc3)coc2c1. The van der Waals surface area contributed by atoms with E-state index in [2.05, 4.69) is 0 Å². The maximum atomic E-state index is 12.6. The highest BCUT2D eigenvalue weighted by molar-refractivity contribution is 6.30. The molecule has 3 rings (SSSR count). The van der Waals surface area contributed by atoms with Crippen LogP contribution in [-0.4, -0.2) is 19.7 Å². The molecule has 1 aromatic heterocycles. The first-order chi connectivity index (χ1) is 11.6. The van der Waals surface area contributed by atoms with Gasteiger partial charge in [-0.05, 0) is 29.8 Å². The van der Waals surface area contributed by atoms with Crippen LogP contribution in [0.5, 0.6) is 5.75 Å². The first-order valence-electron chi connectivity index (χ1n) is 7.09. The summed E-state index contributed by atoms with van der Waals surface area (Å²) >= 11 is 5.86. The maximum absolute atomic E-state index is 12.6. The quantitative estimate of drug-likeness (QED) is 0.533. The molecule has 0 N–H and O–H groups in total. The van der Waals surface area contributed by atoms with Crippen LogP contribution < -0.4 is 10.2 Å². The Hall–Kier alpha value is -2.63. The van der Waals surface area contributed by atoms with Gasteiger partial charge in [0.2, 0.25) is 0 Å². The Morgan fingerprint density at radius 1 is 1.17 bits per heavy atom. The Morgan fingerprint density at radius 2 is 1.92 bits per heavy atom. The summed E-state index contributed by atoms with van der Waals surface area (Å²) in [6.45, 7) is -0.155. The summed E-state index contributed by atoms with van der Waals surface area (Å²) < 4.78 is 15.3. The van der Waals surface area contributed by atoms with Crippen molar-refractivity contribution in [2.75, 3.05) is 13.7 Å². The molecule has 0 aliphatic carbocycles. The Labute approximate surface area is 142 Å². The third kappa shape index (κ3) is 3.32. The highest BCUT2D eigenvalue weighted by Crippen LogP contribution is 2.24. The molecule has 0 saturated heterocycles. The fraction of sp³-hybridized carbons (Fsp3) is 0.111. The summed E-state index contributed by atoms with van der Waals surface area (Å²) in [5, 5.41) is 0.987. The van der Waals surface area contributed by atoms with Crippen molar-refractivity contribution in [2.24, 2.45) is 0 Å². The van der Waals surface area contributed by atoms with Crippen molar-refractivity contribution in [3.63, 3.8) is 0 Å². The van der Waals surface area contributed by atoms with Crippen LogP contribution in [0.3, 0.4) is 0 Å². The number of halogens is 1. The first kappa shape index (κ1) is 16.2. The molecule has 5 nitrogen and oxygen atoms in total. The van der Waals surface area contributed by atoms with Gasteiger partial charge in [0.15, 0.2) is 5.43 Å². The van der Waals surface area contributed by atoms with Gasteiger partial charge in [0.25, 0.3) is 0 Å². The van der Waals surface area contributed by atoms with Gasteiger partial charge >= 0.3 is 5.97 Å². The second kappa shape index (κ2) is 6.86. The number of benzene rings is 2. The van der Waals surface area contributed by atoms with Gasteiger partial charge < -0.3 is 13.9 Å². The minimum absolute atomic E-state index is 0.155. The number of methoxy groups -OCH3 is 1. The molecule has 0 fully saturated rings. The Bertz CT molecular complexity index is 944. The van der Waals surface area contributed by atoms with Crippen LogP contribution >= 0.6 is 11.6 Å². The fourth-order valence-electron chi connectivity index (χ4n) is 2.28. The summed E-state index contributed by atoms with van der Waals surface area (Å²) in [6, 6.07) is 11.5. The highest BCUT2D eigenvalue weighted by atomic mass is 35.5. The largest absolute Gasteiger partial charge is 0.463 e. The summed E-state index contributed by atoms with van der Waals surface area (Å²) in [7, 11) is 1.40. The van der Waals surface area contributed by atoms with Crippen molar-refractivity contribution < 1.29 is 18.7 Å². The fourth-order valence-corrected chi connectivity index (χ4v) is 2.41. The first-order valence-corrected chi connectivity index (χ1v) is 7.47. The third-order valence-electron chi connectivity index (χ3n) is 3.40. The molecule has 2 aromatic carbocycles. The van der Waals surface area contributed by atoms with Crippen LogP contribution in [0.2, 0.25) is 5.02 Å². The minimum Gasteiger partial charge on any atom is -0.463 e. The molecule has 0 amide bonds. The monoisotopic (exact) mass is 344 g/mol. The van der Waals surface area contributed by atoms with Crippen LogP contribution in [0, 0.1) is 0 Å². The van der Waals surface area contributed by atoms with Crippen molar-refractivity contribution in [1.82, 2.24) is 0 Å². The van der Waals surface area contributed by atoms with E-state index in [0.717, 1.165) is 0 Å². The van der Waals surface area contributed by atoms with Crippen LogP contribution in [0.4, 0.5) is 0 Å². The summed E-state index contributed by atoms with van der Waals surface area (Å²) in [5.41, 5.74) is 1.31. The molecule has 0 atom stereocenters. The molecule has 0 bridgehead atoms. The van der Waals surface area contributed by atoms with Crippen LogP contribution in [0.25, 0.3) is 22.1 Å². The number of fused-ring (bicyclic) bond motifs is 1. The number of carbonyl (C=O) groups excluding carboxylic acids is 1. The minimum atomic E-state index is -0.531. The normalized spacial score (nSPS) is 10.8. The molecule has 24 heavy (non-hydrogen) atoms. The molecule has 0 spiro atoms. The summed E-state index contributed by atoms with van der Waals surface area (Å²) in [5.74, 6) is -0.246. The van der Waals surface area contributed by atoms with E-state index in [-0.39, 0.29) is 17.8 Å². The van der Waals surface area contributed by atoms with E-state index < -0.39 is 5.97 Å². The second-order valence-electron chi connectivity index (χ2n) is 5.05. The average molecular weight is 345 g/mol. The van der Waals surface area contributed by atoms with Crippen molar-refractivity contribution in [2.45, 2.75) is 0 Å². The van der Waals surface area contributed by atoms with Gasteiger partial charge in [0.1, 0.15) is 24.2 Å². The van der Waals surface area contributed by atoms with Crippen LogP contribution in [-0.2, 0) is 9.53 Å². The lowest BCUT2D eigenvalue weighted by atomic mass is 10.1. The second-order valence-corrected chi connectivity index (χ2v) is 5.49. The molecule has 3 aromatic rings. The topological polar surface area (TPSA) is 65.7 Å². The Balaban J connectivity index is 1.99. The number of hydrogen-bond acceptors (Lipinski definition) is 5. The zero-order valence-corrected chi connectivity index (χ0v) is 13.5. The zero-order valence-electron chi connectivity index (χ0n) is 12.7. The Kier molecular flexibility index (Phi) is 4.64. The number of carbonyl (C=O) groups is 1. The van der Waals surface area contributed by atoms with Gasteiger partial charge in [-0.25, -0.2) is 4.79 Å². The Morgan fingerprint density at radius 3 is 2.62 bits per heavy atom. The maximum Gasteiger partial charge on any atom is 0.337 e. The number of esters is 1. The van der Waals surface area contributed by atoms with Gasteiger partial charge in [-0.2, -0.15) is 0 Å².